The van der Waals surface area contributed by atoms with Crippen LogP contribution >= 0.6 is 0 Å². The van der Waals surface area contributed by atoms with Crippen molar-refractivity contribution in [2.45, 2.75) is 17.1 Å². The summed E-state index contributed by atoms with van der Waals surface area (Å²) in [6.07, 6.45) is -4.67. The number of carbonyl (C=O) groups is 1. The van der Waals surface area contributed by atoms with Crippen molar-refractivity contribution < 1.29 is 26.4 Å². The predicted octanol–water partition coefficient (Wildman–Crippen LogP) is 5.83. The van der Waals surface area contributed by atoms with E-state index in [0.717, 1.165) is 33.6 Å². The number of halogens is 3. The Morgan fingerprint density at radius 1 is 0.738 bits per heavy atom. The van der Waals surface area contributed by atoms with Crippen LogP contribution in [-0.2, 0) is 21.0 Å². The third kappa shape index (κ3) is 6.50. The van der Waals surface area contributed by atoms with Gasteiger partial charge in [0, 0.05) is 26.2 Å². The monoisotopic (exact) mass is 593 g/mol. The summed E-state index contributed by atoms with van der Waals surface area (Å²) in [4.78, 5) is 17.3. The highest BCUT2D eigenvalue weighted by Crippen LogP contribution is 2.34. The molecule has 4 aromatic carbocycles. The largest absolute Gasteiger partial charge is 0.416 e. The van der Waals surface area contributed by atoms with Crippen LogP contribution in [0.5, 0.6) is 0 Å². The number of hydrogen-bond donors (Lipinski definition) is 0. The fraction of sp³-hybridized carbons (Fsp3) is 0.219. The maximum absolute atomic E-state index is 13.6. The second-order valence-electron chi connectivity index (χ2n) is 10.0. The summed E-state index contributed by atoms with van der Waals surface area (Å²) in [6, 6.07) is 31.5. The van der Waals surface area contributed by atoms with Crippen molar-refractivity contribution >= 4 is 21.6 Å². The van der Waals surface area contributed by atoms with Gasteiger partial charge in [-0.2, -0.15) is 13.2 Å². The number of anilines is 1. The van der Waals surface area contributed by atoms with Crippen LogP contribution in [0.3, 0.4) is 0 Å². The van der Waals surface area contributed by atoms with E-state index in [2.05, 4.69) is 29.2 Å². The molecule has 0 aromatic heterocycles. The van der Waals surface area contributed by atoms with Gasteiger partial charge in [-0.25, -0.2) is 8.42 Å². The molecule has 0 bridgehead atoms. The van der Waals surface area contributed by atoms with E-state index in [0.29, 0.717) is 26.2 Å². The first kappa shape index (κ1) is 29.3. The second-order valence-corrected chi connectivity index (χ2v) is 11.9. The number of alkyl halides is 3. The van der Waals surface area contributed by atoms with Gasteiger partial charge in [-0.3, -0.25) is 14.0 Å². The third-order valence-corrected chi connectivity index (χ3v) is 9.12. The van der Waals surface area contributed by atoms with Crippen LogP contribution < -0.4 is 4.31 Å². The van der Waals surface area contributed by atoms with Crippen LogP contribution in [-0.4, -0.2) is 56.8 Å². The number of nitrogens with zero attached hydrogens (tertiary/aromatic N) is 3. The Hall–Kier alpha value is -4.15. The quantitative estimate of drug-likeness (QED) is 0.258. The number of carbonyl (C=O) groups excluding carboxylic acids is 1. The lowest BCUT2D eigenvalue weighted by atomic mass is 9.96. The highest BCUT2D eigenvalue weighted by molar-refractivity contribution is 7.92. The zero-order valence-corrected chi connectivity index (χ0v) is 23.5. The zero-order valence-electron chi connectivity index (χ0n) is 22.7. The molecule has 1 amide bonds. The molecule has 42 heavy (non-hydrogen) atoms. The molecule has 4 aromatic rings. The molecule has 1 aliphatic heterocycles. The van der Waals surface area contributed by atoms with Crippen molar-refractivity contribution in [2.24, 2.45) is 0 Å². The summed E-state index contributed by atoms with van der Waals surface area (Å²) in [5.74, 6) is -0.484. The predicted molar refractivity (Wildman–Crippen MR) is 155 cm³/mol. The van der Waals surface area contributed by atoms with E-state index in [9.17, 15) is 26.4 Å². The first-order valence-corrected chi connectivity index (χ1v) is 15.0. The van der Waals surface area contributed by atoms with Crippen LogP contribution in [0.15, 0.2) is 120 Å². The number of rotatable bonds is 8. The highest BCUT2D eigenvalue weighted by Gasteiger charge is 2.35. The molecule has 0 unspecified atom stereocenters. The number of piperazine rings is 1. The molecule has 0 aliphatic carbocycles. The minimum absolute atomic E-state index is 0.0234. The maximum Gasteiger partial charge on any atom is 0.416 e. The Morgan fingerprint density at radius 3 is 1.79 bits per heavy atom. The molecule has 218 valence electrons. The van der Waals surface area contributed by atoms with Gasteiger partial charge in [0.05, 0.1) is 22.2 Å². The van der Waals surface area contributed by atoms with Gasteiger partial charge in [0.15, 0.2) is 0 Å². The Morgan fingerprint density at radius 2 is 1.26 bits per heavy atom. The van der Waals surface area contributed by atoms with Crippen molar-refractivity contribution in [1.82, 2.24) is 9.80 Å². The highest BCUT2D eigenvalue weighted by atomic mass is 32.2. The average molecular weight is 594 g/mol. The number of benzene rings is 4. The van der Waals surface area contributed by atoms with E-state index in [-0.39, 0.29) is 16.6 Å². The molecular weight excluding hydrogens is 563 g/mol. The van der Waals surface area contributed by atoms with Gasteiger partial charge in [-0.1, -0.05) is 84.9 Å². The lowest BCUT2D eigenvalue weighted by Gasteiger charge is -2.40. The molecule has 0 atom stereocenters. The number of sulfonamides is 1. The lowest BCUT2D eigenvalue weighted by Crippen LogP contribution is -2.52. The topological polar surface area (TPSA) is 60.9 Å². The minimum Gasteiger partial charge on any atom is -0.339 e. The maximum atomic E-state index is 13.6. The molecule has 0 radical (unpaired) electrons. The number of hydrogen-bond acceptors (Lipinski definition) is 4. The first-order chi connectivity index (χ1) is 20.1. The van der Waals surface area contributed by atoms with Crippen LogP contribution in [0, 0.1) is 0 Å². The molecule has 0 saturated carbocycles. The minimum atomic E-state index is -4.67. The molecule has 1 heterocycles. The van der Waals surface area contributed by atoms with Gasteiger partial charge >= 0.3 is 6.18 Å². The van der Waals surface area contributed by atoms with E-state index in [1.54, 1.807) is 11.0 Å². The van der Waals surface area contributed by atoms with Crippen molar-refractivity contribution in [2.75, 3.05) is 37.0 Å². The summed E-state index contributed by atoms with van der Waals surface area (Å²) in [7, 11) is -4.34. The average Bonchev–Trinajstić information content (AvgIpc) is 3.01. The summed E-state index contributed by atoms with van der Waals surface area (Å²) in [6.45, 7) is 1.14. The van der Waals surface area contributed by atoms with E-state index in [1.807, 2.05) is 36.4 Å². The van der Waals surface area contributed by atoms with Gasteiger partial charge in [-0.15, -0.1) is 0 Å². The van der Waals surface area contributed by atoms with E-state index < -0.39 is 34.2 Å². The van der Waals surface area contributed by atoms with Gasteiger partial charge < -0.3 is 4.90 Å². The smallest absolute Gasteiger partial charge is 0.339 e. The fourth-order valence-corrected chi connectivity index (χ4v) is 6.64. The molecule has 10 heteroatoms. The van der Waals surface area contributed by atoms with E-state index in [4.69, 9.17) is 0 Å². The van der Waals surface area contributed by atoms with Crippen LogP contribution in [0.1, 0.15) is 22.7 Å². The second kappa shape index (κ2) is 12.4. The summed E-state index contributed by atoms with van der Waals surface area (Å²) < 4.78 is 68.5. The molecule has 5 rings (SSSR count). The summed E-state index contributed by atoms with van der Waals surface area (Å²) >= 11 is 0. The third-order valence-electron chi connectivity index (χ3n) is 7.33. The van der Waals surface area contributed by atoms with Crippen LogP contribution in [0.4, 0.5) is 18.9 Å². The van der Waals surface area contributed by atoms with Gasteiger partial charge in [-0.05, 0) is 41.5 Å². The van der Waals surface area contributed by atoms with Crippen LogP contribution in [0.2, 0.25) is 0 Å². The first-order valence-electron chi connectivity index (χ1n) is 13.5. The van der Waals surface area contributed by atoms with Crippen molar-refractivity contribution in [3.63, 3.8) is 0 Å². The van der Waals surface area contributed by atoms with Crippen molar-refractivity contribution in [3.05, 3.63) is 132 Å². The Labute approximate surface area is 243 Å². The molecule has 1 aliphatic rings. The van der Waals surface area contributed by atoms with Crippen molar-refractivity contribution in [1.29, 1.82) is 0 Å². The van der Waals surface area contributed by atoms with Gasteiger partial charge in [0.2, 0.25) is 5.91 Å². The zero-order chi connectivity index (χ0) is 29.7. The lowest BCUT2D eigenvalue weighted by molar-refractivity contribution is -0.137. The normalized spacial score (nSPS) is 14.6. The fourth-order valence-electron chi connectivity index (χ4n) is 5.21. The Balaban J connectivity index is 1.38. The molecule has 0 spiro atoms. The molecule has 1 fully saturated rings. The molecule has 6 nitrogen and oxygen atoms in total. The summed E-state index contributed by atoms with van der Waals surface area (Å²) in [5, 5.41) is 0. The van der Waals surface area contributed by atoms with Crippen LogP contribution in [0.25, 0.3) is 0 Å². The SMILES string of the molecule is O=C(CN(c1cccc(C(F)(F)F)c1)S(=O)(=O)c1ccccc1)N1CCN(C(c2ccccc2)c2ccccc2)CC1. The Kier molecular flexibility index (Phi) is 8.65. The molecule has 1 saturated heterocycles. The summed E-state index contributed by atoms with van der Waals surface area (Å²) in [5.41, 5.74) is 1.01. The molecular formula is C32H30F3N3O3S. The number of amides is 1. The van der Waals surface area contributed by atoms with Gasteiger partial charge in [0.1, 0.15) is 6.54 Å². The standard InChI is InChI=1S/C32H30F3N3O3S/c33-32(34,35)27-15-10-16-28(23-27)38(42(40,41)29-17-8-3-9-18-29)24-30(39)36-19-21-37(22-20-36)31(25-11-4-1-5-12-25)26-13-6-2-7-14-26/h1-18,23,31H,19-22,24H2. The van der Waals surface area contributed by atoms with Crippen molar-refractivity contribution in [3.8, 4) is 0 Å². The van der Waals surface area contributed by atoms with E-state index >= 15 is 0 Å². The Bertz CT molecular complexity index is 1550. The van der Waals surface area contributed by atoms with E-state index in [1.165, 1.54) is 30.3 Å². The van der Waals surface area contributed by atoms with Gasteiger partial charge in [0.25, 0.3) is 10.0 Å². The molecule has 0 N–H and O–H groups in total.